The lowest BCUT2D eigenvalue weighted by atomic mass is 9.94. The van der Waals surface area contributed by atoms with Crippen molar-refractivity contribution in [1.29, 1.82) is 0 Å². The SMILES string of the molecule is CC(C)C[C@H]1CCN(CC(C)C)[C@@H]2Cn3cc(C(=O)NCc4ccc(F)cc4F)c(=O)c(OCc4ccccc4)c3C(=O)N12. The Labute approximate surface area is 256 Å². The average Bonchev–Trinajstić information content (AvgIpc) is 2.97. The molecule has 2 aromatic carbocycles. The molecular weight excluding hydrogens is 566 g/mol. The molecule has 3 heterocycles. The van der Waals surface area contributed by atoms with E-state index in [-0.39, 0.29) is 53.8 Å². The van der Waals surface area contributed by atoms with E-state index in [9.17, 15) is 23.2 Å². The molecule has 234 valence electrons. The number of rotatable bonds is 10. The number of carbonyl (C=O) groups excluding carboxylic acids is 2. The summed E-state index contributed by atoms with van der Waals surface area (Å²) in [6.07, 6.45) is 2.84. The first-order valence-electron chi connectivity index (χ1n) is 15.3. The van der Waals surface area contributed by atoms with E-state index in [0.717, 1.165) is 43.6 Å². The summed E-state index contributed by atoms with van der Waals surface area (Å²) < 4.78 is 35.4. The molecule has 2 amide bonds. The molecule has 44 heavy (non-hydrogen) atoms. The highest BCUT2D eigenvalue weighted by Crippen LogP contribution is 2.34. The molecule has 1 aromatic heterocycles. The smallest absolute Gasteiger partial charge is 0.276 e. The van der Waals surface area contributed by atoms with Gasteiger partial charge in [-0.05, 0) is 36.3 Å². The lowest BCUT2D eigenvalue weighted by molar-refractivity contribution is -0.0451. The molecule has 1 saturated heterocycles. The second-order valence-electron chi connectivity index (χ2n) is 12.5. The summed E-state index contributed by atoms with van der Waals surface area (Å²) in [6, 6.07) is 12.4. The highest BCUT2D eigenvalue weighted by molar-refractivity contribution is 5.99. The molecule has 0 radical (unpaired) electrons. The van der Waals surface area contributed by atoms with Gasteiger partial charge in [0.1, 0.15) is 30.0 Å². The monoisotopic (exact) mass is 606 g/mol. The van der Waals surface area contributed by atoms with Gasteiger partial charge in [-0.25, -0.2) is 8.78 Å². The molecule has 0 aliphatic carbocycles. The van der Waals surface area contributed by atoms with Crippen LogP contribution in [0.5, 0.6) is 5.75 Å². The number of nitrogens with one attached hydrogen (secondary N) is 1. The van der Waals surface area contributed by atoms with Crippen LogP contribution in [0.4, 0.5) is 8.78 Å². The van der Waals surface area contributed by atoms with Gasteiger partial charge in [-0.1, -0.05) is 64.1 Å². The summed E-state index contributed by atoms with van der Waals surface area (Å²) in [5, 5.41) is 2.58. The lowest BCUT2D eigenvalue weighted by Gasteiger charge is -2.52. The van der Waals surface area contributed by atoms with Gasteiger partial charge in [0.15, 0.2) is 11.4 Å². The Kier molecular flexibility index (Phi) is 9.48. The van der Waals surface area contributed by atoms with Crippen molar-refractivity contribution in [3.8, 4) is 5.75 Å². The van der Waals surface area contributed by atoms with Gasteiger partial charge in [-0.3, -0.25) is 19.3 Å². The summed E-state index contributed by atoms with van der Waals surface area (Å²) >= 11 is 0. The molecule has 3 aromatic rings. The topological polar surface area (TPSA) is 83.9 Å². The van der Waals surface area contributed by atoms with E-state index in [1.54, 1.807) is 4.57 Å². The van der Waals surface area contributed by atoms with Crippen molar-refractivity contribution in [2.24, 2.45) is 11.8 Å². The maximum atomic E-state index is 14.4. The lowest BCUT2D eigenvalue weighted by Crippen LogP contribution is -2.65. The van der Waals surface area contributed by atoms with E-state index in [1.807, 2.05) is 35.2 Å². The molecule has 2 aliphatic rings. The zero-order valence-corrected chi connectivity index (χ0v) is 25.7. The number of amides is 2. The number of fused-ring (bicyclic) bond motifs is 2. The number of nitrogens with zero attached hydrogens (tertiary/aromatic N) is 3. The van der Waals surface area contributed by atoms with Gasteiger partial charge in [-0.15, -0.1) is 0 Å². The number of pyridine rings is 1. The molecule has 8 nitrogen and oxygen atoms in total. The number of benzene rings is 2. The van der Waals surface area contributed by atoms with Crippen molar-refractivity contribution in [3.05, 3.63) is 99.0 Å². The minimum Gasteiger partial charge on any atom is -0.483 e. The maximum absolute atomic E-state index is 14.4. The Hall–Kier alpha value is -4.05. The van der Waals surface area contributed by atoms with Crippen molar-refractivity contribution in [2.45, 2.75) is 72.4 Å². The highest BCUT2D eigenvalue weighted by Gasteiger charge is 2.45. The predicted molar refractivity (Wildman–Crippen MR) is 163 cm³/mol. The Balaban J connectivity index is 1.55. The molecule has 0 bridgehead atoms. The molecule has 1 fully saturated rings. The first-order chi connectivity index (χ1) is 21.0. The van der Waals surface area contributed by atoms with E-state index in [0.29, 0.717) is 18.4 Å². The summed E-state index contributed by atoms with van der Waals surface area (Å²) in [4.78, 5) is 45.9. The van der Waals surface area contributed by atoms with Gasteiger partial charge in [0.25, 0.3) is 11.8 Å². The molecule has 0 spiro atoms. The third-order valence-corrected chi connectivity index (χ3v) is 8.19. The number of halogens is 2. The molecule has 0 unspecified atom stereocenters. The van der Waals surface area contributed by atoms with Crippen molar-refractivity contribution in [3.63, 3.8) is 0 Å². The fraction of sp³-hybridized carbons (Fsp3) is 0.441. The first kappa shape index (κ1) is 31.4. The predicted octanol–water partition coefficient (Wildman–Crippen LogP) is 5.19. The number of ether oxygens (including phenoxy) is 1. The Morgan fingerprint density at radius 2 is 1.80 bits per heavy atom. The van der Waals surface area contributed by atoms with Gasteiger partial charge < -0.3 is 19.5 Å². The second kappa shape index (κ2) is 13.3. The Morgan fingerprint density at radius 3 is 2.48 bits per heavy atom. The van der Waals surface area contributed by atoms with Crippen LogP contribution in [0.2, 0.25) is 0 Å². The molecule has 1 N–H and O–H groups in total. The van der Waals surface area contributed by atoms with Crippen LogP contribution >= 0.6 is 0 Å². The Bertz CT molecular complexity index is 1570. The zero-order chi connectivity index (χ0) is 31.5. The van der Waals surface area contributed by atoms with Gasteiger partial charge >= 0.3 is 0 Å². The molecule has 2 aliphatic heterocycles. The third kappa shape index (κ3) is 6.70. The van der Waals surface area contributed by atoms with Gasteiger partial charge in [0, 0.05) is 43.5 Å². The van der Waals surface area contributed by atoms with Crippen LogP contribution in [0, 0.1) is 23.5 Å². The normalized spacial score (nSPS) is 18.4. The van der Waals surface area contributed by atoms with Crippen LogP contribution in [0.15, 0.2) is 59.5 Å². The number of hydrogen-bond acceptors (Lipinski definition) is 5. The van der Waals surface area contributed by atoms with E-state index in [1.165, 1.54) is 12.3 Å². The standard InChI is InChI=1S/C34H40F2N4O4/c1-21(2)14-26-12-13-38(17-22(3)4)29-19-39-18-27(33(42)37-16-24-10-11-25(35)15-28(24)36)31(41)32(30(39)34(43)40(26)29)44-20-23-8-6-5-7-9-23/h5-11,15,18,21-22,26,29H,12-14,16-17,19-20H2,1-4H3,(H,37,42)/t26-,29+/m1/s1. The fourth-order valence-electron chi connectivity index (χ4n) is 6.25. The number of carbonyl (C=O) groups is 2. The largest absolute Gasteiger partial charge is 0.483 e. The molecular formula is C34H40F2N4O4. The van der Waals surface area contributed by atoms with Gasteiger partial charge in [-0.2, -0.15) is 0 Å². The molecule has 2 atom stereocenters. The van der Waals surface area contributed by atoms with Crippen molar-refractivity contribution >= 4 is 11.8 Å². The average molecular weight is 607 g/mol. The number of aromatic nitrogens is 1. The summed E-state index contributed by atoms with van der Waals surface area (Å²) in [7, 11) is 0. The number of hydrogen-bond donors (Lipinski definition) is 1. The van der Waals surface area contributed by atoms with E-state index in [4.69, 9.17) is 4.74 Å². The summed E-state index contributed by atoms with van der Waals surface area (Å²) in [5.41, 5.74) is 0.0700. The second-order valence-corrected chi connectivity index (χ2v) is 12.5. The maximum Gasteiger partial charge on any atom is 0.276 e. The van der Waals surface area contributed by atoms with Crippen molar-refractivity contribution in [1.82, 2.24) is 19.7 Å². The molecule has 10 heteroatoms. The molecule has 5 rings (SSSR count). The minimum atomic E-state index is -0.802. The van der Waals surface area contributed by atoms with Crippen LogP contribution in [0.1, 0.15) is 72.5 Å². The van der Waals surface area contributed by atoms with E-state index >= 15 is 0 Å². The van der Waals surface area contributed by atoms with Crippen LogP contribution in [0.3, 0.4) is 0 Å². The van der Waals surface area contributed by atoms with E-state index < -0.39 is 23.0 Å². The van der Waals surface area contributed by atoms with Crippen LogP contribution in [0.25, 0.3) is 0 Å². The quantitative estimate of drug-likeness (QED) is 0.343. The summed E-state index contributed by atoms with van der Waals surface area (Å²) in [5.74, 6) is -1.99. The fourth-order valence-corrected chi connectivity index (χ4v) is 6.25. The van der Waals surface area contributed by atoms with Crippen LogP contribution < -0.4 is 15.5 Å². The first-order valence-corrected chi connectivity index (χ1v) is 15.3. The van der Waals surface area contributed by atoms with Gasteiger partial charge in [0.05, 0.1) is 6.54 Å². The zero-order valence-electron chi connectivity index (χ0n) is 25.7. The minimum absolute atomic E-state index is 0.00955. The van der Waals surface area contributed by atoms with Crippen LogP contribution in [-0.4, -0.2) is 51.5 Å². The highest BCUT2D eigenvalue weighted by atomic mass is 19.1. The van der Waals surface area contributed by atoms with Crippen molar-refractivity contribution in [2.75, 3.05) is 13.1 Å². The van der Waals surface area contributed by atoms with Crippen molar-refractivity contribution < 1.29 is 23.1 Å². The Morgan fingerprint density at radius 1 is 1.05 bits per heavy atom. The van der Waals surface area contributed by atoms with Crippen LogP contribution in [-0.2, 0) is 19.7 Å². The molecule has 0 saturated carbocycles. The summed E-state index contributed by atoms with van der Waals surface area (Å²) in [6.45, 7) is 10.3. The van der Waals surface area contributed by atoms with E-state index in [2.05, 4.69) is 37.9 Å². The van der Waals surface area contributed by atoms with Gasteiger partial charge in [0.2, 0.25) is 5.43 Å². The third-order valence-electron chi connectivity index (χ3n) is 8.19.